The largest absolute Gasteiger partial charge is 0.488 e. The van der Waals surface area contributed by atoms with E-state index in [-0.39, 0.29) is 71.4 Å². The molecule has 53 heteroatoms. The van der Waals surface area contributed by atoms with Crippen LogP contribution in [0, 0.1) is 11.8 Å². The van der Waals surface area contributed by atoms with Crippen LogP contribution in [0.15, 0.2) is 160 Å². The number of carbonyl (C=O) groups excluding carboxylic acids is 5. The van der Waals surface area contributed by atoms with Crippen LogP contribution in [-0.4, -0.2) is 228 Å². The number of esters is 4. The zero-order valence-electron chi connectivity index (χ0n) is 73.8. The number of rotatable bonds is 16. The van der Waals surface area contributed by atoms with Gasteiger partial charge in [0, 0.05) is 90.1 Å². The van der Waals surface area contributed by atoms with Gasteiger partial charge in [-0.05, 0) is 110 Å². The van der Waals surface area contributed by atoms with Gasteiger partial charge in [0.25, 0.3) is 22.2 Å². The molecule has 4 aromatic rings. The summed E-state index contributed by atoms with van der Waals surface area (Å²) >= 11 is 0. The average Bonchev–Trinajstić information content (AvgIpc) is 1.61. The maximum atomic E-state index is 12.2. The predicted molar refractivity (Wildman–Crippen MR) is 477 cm³/mol. The van der Waals surface area contributed by atoms with Crippen molar-refractivity contribution in [3.05, 3.63) is 205 Å². The van der Waals surface area contributed by atoms with E-state index in [1.54, 1.807) is 53.7 Å². The third-order valence-corrected chi connectivity index (χ3v) is 24.4. The highest BCUT2D eigenvalue weighted by Gasteiger charge is 2.59. The van der Waals surface area contributed by atoms with Gasteiger partial charge >= 0.3 is 83.4 Å². The number of nitrogens with zero attached hydrogens (tertiary/aromatic N) is 4. The maximum Gasteiger partial charge on any atom is 0.488 e. The Bertz CT molecular complexity index is 5500. The van der Waals surface area contributed by atoms with E-state index in [1.165, 1.54) is 88.9 Å². The molecule has 758 valence electrons. The molecule has 135 heavy (non-hydrogen) atoms. The molecule has 8 aliphatic carbocycles. The van der Waals surface area contributed by atoms with Crippen LogP contribution >= 0.6 is 30.8 Å². The Labute approximate surface area is 773 Å². The third kappa shape index (κ3) is 39.3. The molecule has 0 spiro atoms. The first-order chi connectivity index (χ1) is 61.3. The van der Waals surface area contributed by atoms with Crippen LogP contribution in [0.2, 0.25) is 0 Å². The van der Waals surface area contributed by atoms with Gasteiger partial charge in [0.2, 0.25) is 0 Å². The topological polar surface area (TPSA) is 697 Å². The number of carbonyl (C=O) groups is 5. The highest BCUT2D eigenvalue weighted by molar-refractivity contribution is 7.68. The summed E-state index contributed by atoms with van der Waals surface area (Å²) in [6, 6.07) is 3.24. The van der Waals surface area contributed by atoms with Crippen molar-refractivity contribution in [1.29, 1.82) is 0 Å². The molecule has 13 N–H and O–H groups in total. The Morgan fingerprint density at radius 1 is 0.452 bits per heavy atom. The zero-order chi connectivity index (χ0) is 98.5. The summed E-state index contributed by atoms with van der Waals surface area (Å²) in [7, 11) is -20.5. The smallest absolute Gasteiger partial charge is 0.458 e. The first-order valence-corrected chi connectivity index (χ1v) is 47.5. The van der Waals surface area contributed by atoms with Gasteiger partial charge in [-0.2, -0.15) is 9.57 Å². The van der Waals surface area contributed by atoms with Crippen molar-refractivity contribution in [1.82, 2.24) is 38.2 Å². The molecule has 4 saturated heterocycles. The first-order valence-electron chi connectivity index (χ1n) is 40.9. The number of H-pyrrole nitrogens is 4. The van der Waals surface area contributed by atoms with Gasteiger partial charge in [-0.3, -0.25) is 85.7 Å². The molecule has 0 radical (unpaired) electrons. The molecule has 3 saturated carbocycles. The first kappa shape index (κ1) is 118. The quantitative estimate of drug-likeness (QED) is 0.00987. The highest BCUT2D eigenvalue weighted by atomic mass is 31.3. The van der Waals surface area contributed by atoms with E-state index in [1.807, 2.05) is 12.2 Å². The average molecular weight is 2000 g/mol. The van der Waals surface area contributed by atoms with Crippen LogP contribution in [0.1, 0.15) is 188 Å². The lowest BCUT2D eigenvalue weighted by molar-refractivity contribution is -0.231. The zero-order valence-corrected chi connectivity index (χ0v) is 77.4. The van der Waals surface area contributed by atoms with Crippen LogP contribution in [0.5, 0.6) is 0 Å². The van der Waals surface area contributed by atoms with Gasteiger partial charge in [-0.1, -0.05) is 96.9 Å². The molecule has 0 aromatic carbocycles. The summed E-state index contributed by atoms with van der Waals surface area (Å²) in [5.41, 5.74) is -4.22. The molecule has 10 unspecified atom stereocenters. The minimum Gasteiger partial charge on any atom is -0.458 e. The van der Waals surface area contributed by atoms with Crippen molar-refractivity contribution in [3.63, 3.8) is 0 Å². The Morgan fingerprint density at radius 2 is 0.822 bits per heavy atom. The van der Waals surface area contributed by atoms with Crippen molar-refractivity contribution in [2.75, 3.05) is 12.7 Å². The van der Waals surface area contributed by atoms with Gasteiger partial charge in [-0.25, -0.2) is 37.4 Å². The number of aromatic amines is 4. The fourth-order valence-electron chi connectivity index (χ4n) is 15.0. The number of fused-ring (bicyclic) bond motifs is 4. The lowest BCUT2D eigenvalue weighted by Crippen LogP contribution is -2.36. The summed E-state index contributed by atoms with van der Waals surface area (Å²) in [6.07, 6.45) is 27.9. The maximum absolute atomic E-state index is 12.2. The second-order valence-corrected chi connectivity index (χ2v) is 39.0. The second kappa shape index (κ2) is 51.5. The molecule has 16 rings (SSSR count). The number of aliphatic hydroxyl groups is 2. The Hall–Kier alpha value is -9.17. The molecular formula is C82H124N8O41P4. The van der Waals surface area contributed by atoms with E-state index in [0.29, 0.717) is 36.9 Å². The molecular weight excluding hydrogens is 1880 g/mol. The van der Waals surface area contributed by atoms with Gasteiger partial charge in [0.1, 0.15) is 67.6 Å². The number of aliphatic hydroxyl groups excluding tert-OH is 2. The number of ether oxygens (including phenoxy) is 12. The van der Waals surface area contributed by atoms with Crippen molar-refractivity contribution < 1.29 is 157 Å². The van der Waals surface area contributed by atoms with Gasteiger partial charge in [0.15, 0.2) is 17.4 Å². The fourth-order valence-corrected chi connectivity index (χ4v) is 18.7. The minimum absolute atomic E-state index is 0. The van der Waals surface area contributed by atoms with E-state index in [9.17, 15) is 101 Å². The molecule has 4 aromatic heterocycles. The summed E-state index contributed by atoms with van der Waals surface area (Å²) < 4.78 is 122. The summed E-state index contributed by atoms with van der Waals surface area (Å²) in [5, 5.41) is 26.5. The van der Waals surface area contributed by atoms with Gasteiger partial charge in [-0.15, -0.1) is 0 Å². The van der Waals surface area contributed by atoms with E-state index in [2.05, 4.69) is 101 Å². The number of allylic oxidation sites excluding steroid dienone is 7. The Morgan fingerprint density at radius 3 is 1.10 bits per heavy atom. The van der Waals surface area contributed by atoms with Crippen LogP contribution in [0.25, 0.3) is 0 Å². The molecule has 12 aliphatic rings. The monoisotopic (exact) mass is 2000 g/mol. The third-order valence-electron chi connectivity index (χ3n) is 19.9. The highest BCUT2D eigenvalue weighted by Crippen LogP contribution is 2.66. The van der Waals surface area contributed by atoms with E-state index >= 15 is 0 Å². The SMILES string of the molecule is C.C.C.C1=CC2OC2C1.C1=CCC=C1.CC(=O)OC(C)=O.CC(=O)OO.CC(=O)O[C@H]1C=C[C@@H](C)C1.CC(=O)O[C@H]1C=C[C@@H](C)C1.CC1(C)OC2C(O1)[C@@H](O)C[C@H]2n1ccc(=O)[nH]c1=O.CC1(C)OC2C(O1)[C@H](n1ccc(=O)[nH]c1=O)C[C@@H]2OCP(=O)(O)O.CC1(C)OC2C(O1)[C@H](n1ccc(=O)[nH]c1=O)C[C@@H]2OCP(=O)(O)OP(=O)(O)OP(=O)(O)O.O=c1ccn([C@H]2C=C[C@@H](O)C2)c(=O)[nH]1. The van der Waals surface area contributed by atoms with Crippen molar-refractivity contribution in [2.24, 2.45) is 11.8 Å². The molecule has 8 heterocycles. The lowest BCUT2D eigenvalue weighted by Gasteiger charge is -2.24. The van der Waals surface area contributed by atoms with Crippen molar-refractivity contribution >= 4 is 60.7 Å². The van der Waals surface area contributed by atoms with Crippen molar-refractivity contribution in [2.45, 2.75) is 291 Å². The minimum atomic E-state index is -5.60. The molecule has 0 bridgehead atoms. The van der Waals surface area contributed by atoms with E-state index in [4.69, 9.17) is 76.9 Å². The van der Waals surface area contributed by atoms with E-state index in [0.717, 1.165) is 38.7 Å². The molecule has 0 amide bonds. The molecule has 49 nitrogen and oxygen atoms in total. The Kier molecular flexibility index (Phi) is 45.0. The number of aromatic nitrogens is 8. The normalized spacial score (nSPS) is 28.8. The molecule has 7 fully saturated rings. The number of hydrogen-bond donors (Lipinski definition) is 13. The molecule has 22 atom stereocenters. The summed E-state index contributed by atoms with van der Waals surface area (Å²) in [5.74, 6) is -3.87. The van der Waals surface area contributed by atoms with Crippen LogP contribution in [0.3, 0.4) is 0 Å². The van der Waals surface area contributed by atoms with E-state index < -0.39 is 197 Å². The van der Waals surface area contributed by atoms with Crippen LogP contribution < -0.4 is 45.0 Å². The predicted octanol–water partition coefficient (Wildman–Crippen LogP) is 5.31. The molecule has 4 aliphatic heterocycles. The number of hydrogen-bond acceptors (Lipinski definition) is 35. The van der Waals surface area contributed by atoms with Crippen molar-refractivity contribution in [3.8, 4) is 0 Å². The number of epoxide rings is 1. The Balaban J connectivity index is 0.000000331. The standard InChI is InChI=1S/C13H21N2O14P3.C13H19N2O8P.C12H16N2O5.C9H10N2O3.2C8H12O2.C5H6O.C5H6.C4H6O3.C2H4O3.3CH4/c1-13(2)26-10-7(15-4-3-9(16)14-12(15)17)5-8(11(10)27-13)25-6-30(18,19)28-32(23,24)29-31(20,21)22;1-13(2)22-10-7(15-4-3-9(16)14-12(15)17)5-8(11(10)23-13)21-6-24(18,19)20;1-12(2)18-9-6(5-7(15)10(9)19-12)14-4-3-8(16)13-11(14)17;12-7-2-1-6(5-7)11-4-3-8(13)10-9(11)14;2*1-6-3-4-8(5-6)10-7(2)9;1-2-4-5(3-1)6-4;1-2-4-5-3-1;1-3(5)7-4(2)6;1-2(3)5-4;;;/h3-4,7-8,10-11H,5-6H2,1-2H3,(H,18,19)(H,23,24)(H,14,16,17)(H2,20,21,22);3-4,7-8,10-11H,5-6H2,1-2H3,(H,14,16,17)(H2,18,19,20);3-4,6-7,9-10,15H,5H2,1-2H3,(H,13,16,17);1-4,6-7,12H,5H2,(H,10,13,14);2*3-4,6,8H,5H2,1-2H3;1-2,4-5H,3H2;1-4H,5H2;1-2H3;4H,1H3;3*1H4/t2*7-,8+,10?,11?;6-,7+,9?,10?;6-,7+;2*6-,8+;;;;;;;/m111011......./s1. The fraction of sp³-hybridized carbons (Fsp3) is 0.598. The lowest BCUT2D eigenvalue weighted by atomic mass is 10.1. The van der Waals surface area contributed by atoms with Crippen LogP contribution in [0.4, 0.5) is 0 Å². The van der Waals surface area contributed by atoms with Gasteiger partial charge in [0.05, 0.1) is 54.7 Å². The second-order valence-electron chi connectivity index (χ2n) is 32.6. The summed E-state index contributed by atoms with van der Waals surface area (Å²) in [6.45, 7) is 20.7. The van der Waals surface area contributed by atoms with Gasteiger partial charge < -0.3 is 101 Å². The van der Waals surface area contributed by atoms with Crippen LogP contribution in [-0.2, 0) is 113 Å². The summed E-state index contributed by atoms with van der Waals surface area (Å²) in [4.78, 5) is 208. The number of nitrogens with one attached hydrogen (secondary N) is 4. The number of phosphoric acid groups is 2.